The summed E-state index contributed by atoms with van der Waals surface area (Å²) in [6.45, 7) is 6.77. The Labute approximate surface area is 152 Å². The molecule has 0 aliphatic carbocycles. The van der Waals surface area contributed by atoms with Crippen LogP contribution < -0.4 is 5.32 Å². The molecule has 0 unspecified atom stereocenters. The summed E-state index contributed by atoms with van der Waals surface area (Å²) in [4.78, 5) is 19.6. The fraction of sp³-hybridized carbons (Fsp3) is 0.650. The maximum Gasteiger partial charge on any atom is 0.234 e. The van der Waals surface area contributed by atoms with Gasteiger partial charge in [0.1, 0.15) is 0 Å². The molecule has 3 atom stereocenters. The topological polar surface area (TPSA) is 38.8 Å². The second kappa shape index (κ2) is 8.30. The van der Waals surface area contributed by atoms with Gasteiger partial charge in [0.2, 0.25) is 5.91 Å². The predicted octanol–water partition coefficient (Wildman–Crippen LogP) is 1.57. The van der Waals surface area contributed by atoms with Crippen molar-refractivity contribution in [1.82, 2.24) is 20.0 Å². The Morgan fingerprint density at radius 2 is 2.04 bits per heavy atom. The molecule has 0 saturated carbocycles. The van der Waals surface area contributed by atoms with Gasteiger partial charge in [-0.25, -0.2) is 0 Å². The Kier molecular flexibility index (Phi) is 6.10. The molecule has 5 nitrogen and oxygen atoms in total. The normalized spacial score (nSPS) is 25.8. The highest BCUT2D eigenvalue weighted by Crippen LogP contribution is 2.24. The van der Waals surface area contributed by atoms with Gasteiger partial charge in [-0.15, -0.1) is 0 Å². The number of rotatable bonds is 6. The molecule has 1 amide bonds. The summed E-state index contributed by atoms with van der Waals surface area (Å²) >= 11 is 0. The number of carbonyl (C=O) groups excluding carboxylic acids is 1. The van der Waals surface area contributed by atoms with E-state index in [1.54, 1.807) is 0 Å². The molecule has 1 aromatic rings. The monoisotopic (exact) mass is 344 g/mol. The van der Waals surface area contributed by atoms with Crippen LogP contribution in [0.15, 0.2) is 30.3 Å². The van der Waals surface area contributed by atoms with Crippen LogP contribution in [0.1, 0.15) is 31.4 Å². The first-order valence-electron chi connectivity index (χ1n) is 9.50. The standard InChI is InChI=1S/C20H32N4O/c1-16-13-23-11-7-10-18(23)14-24(16)15-20(25)21-12-19(22(2)3)17-8-5-4-6-9-17/h4-6,8-9,16,18-19H,7,10-15H2,1-3H3,(H,21,25)/t16-,18+,19+/m1/s1. The summed E-state index contributed by atoms with van der Waals surface area (Å²) in [7, 11) is 4.12. The van der Waals surface area contributed by atoms with Crippen LogP contribution in [0.4, 0.5) is 0 Å². The Bertz CT molecular complexity index is 562. The largest absolute Gasteiger partial charge is 0.353 e. The van der Waals surface area contributed by atoms with Crippen molar-refractivity contribution in [3.63, 3.8) is 0 Å². The van der Waals surface area contributed by atoms with E-state index in [1.807, 2.05) is 6.07 Å². The van der Waals surface area contributed by atoms with Crippen LogP contribution in [-0.2, 0) is 4.79 Å². The molecule has 25 heavy (non-hydrogen) atoms. The van der Waals surface area contributed by atoms with Gasteiger partial charge in [-0.1, -0.05) is 30.3 Å². The third-order valence-corrected chi connectivity index (χ3v) is 5.71. The number of hydrogen-bond donors (Lipinski definition) is 1. The lowest BCUT2D eigenvalue weighted by Gasteiger charge is -2.42. The Morgan fingerprint density at radius 3 is 2.76 bits per heavy atom. The molecule has 1 aromatic carbocycles. The summed E-state index contributed by atoms with van der Waals surface area (Å²) in [6.07, 6.45) is 2.58. The second-order valence-electron chi connectivity index (χ2n) is 7.76. The van der Waals surface area contributed by atoms with Crippen molar-refractivity contribution in [2.24, 2.45) is 0 Å². The van der Waals surface area contributed by atoms with Crippen molar-refractivity contribution in [3.8, 4) is 0 Å². The van der Waals surface area contributed by atoms with E-state index in [4.69, 9.17) is 0 Å². The van der Waals surface area contributed by atoms with Gasteiger partial charge in [0.25, 0.3) is 0 Å². The summed E-state index contributed by atoms with van der Waals surface area (Å²) in [5.41, 5.74) is 1.24. The van der Waals surface area contributed by atoms with E-state index in [0.717, 1.165) is 13.1 Å². The van der Waals surface area contributed by atoms with E-state index in [2.05, 4.69) is 65.3 Å². The maximum atomic E-state index is 12.5. The molecule has 2 aliphatic rings. The number of piperazine rings is 1. The Balaban J connectivity index is 1.51. The lowest BCUT2D eigenvalue weighted by Crippen LogP contribution is -2.57. The average Bonchev–Trinajstić information content (AvgIpc) is 3.03. The predicted molar refractivity (Wildman–Crippen MR) is 102 cm³/mol. The molecule has 0 radical (unpaired) electrons. The van der Waals surface area contributed by atoms with E-state index >= 15 is 0 Å². The molecular weight excluding hydrogens is 312 g/mol. The van der Waals surface area contributed by atoms with E-state index < -0.39 is 0 Å². The lowest BCUT2D eigenvalue weighted by atomic mass is 10.1. The molecule has 0 aromatic heterocycles. The van der Waals surface area contributed by atoms with Crippen LogP contribution in [0.25, 0.3) is 0 Å². The van der Waals surface area contributed by atoms with Crippen LogP contribution in [0.5, 0.6) is 0 Å². The number of nitrogens with one attached hydrogen (secondary N) is 1. The molecule has 3 rings (SSSR count). The fourth-order valence-electron chi connectivity index (χ4n) is 4.19. The Hall–Kier alpha value is -1.43. The van der Waals surface area contributed by atoms with Gasteiger partial charge < -0.3 is 10.2 Å². The average molecular weight is 345 g/mol. The zero-order chi connectivity index (χ0) is 17.8. The molecule has 5 heteroatoms. The third kappa shape index (κ3) is 4.60. The Morgan fingerprint density at radius 1 is 1.28 bits per heavy atom. The van der Waals surface area contributed by atoms with Crippen LogP contribution in [0.2, 0.25) is 0 Å². The van der Waals surface area contributed by atoms with Crippen molar-refractivity contribution < 1.29 is 4.79 Å². The van der Waals surface area contributed by atoms with Crippen molar-refractivity contribution in [2.45, 2.75) is 37.9 Å². The first kappa shape index (κ1) is 18.4. The summed E-state index contributed by atoms with van der Waals surface area (Å²) in [5, 5.41) is 3.15. The molecule has 2 heterocycles. The maximum absolute atomic E-state index is 12.5. The molecule has 2 saturated heterocycles. The molecule has 1 N–H and O–H groups in total. The molecular formula is C20H32N4O. The van der Waals surface area contributed by atoms with Crippen LogP contribution in [0, 0.1) is 0 Å². The van der Waals surface area contributed by atoms with Gasteiger partial charge in [-0.2, -0.15) is 0 Å². The van der Waals surface area contributed by atoms with Gasteiger partial charge >= 0.3 is 0 Å². The van der Waals surface area contributed by atoms with E-state index in [1.165, 1.54) is 24.9 Å². The number of amides is 1. The smallest absolute Gasteiger partial charge is 0.234 e. The fourth-order valence-corrected chi connectivity index (χ4v) is 4.19. The minimum absolute atomic E-state index is 0.140. The van der Waals surface area contributed by atoms with E-state index in [-0.39, 0.29) is 11.9 Å². The number of nitrogens with zero attached hydrogens (tertiary/aromatic N) is 3. The first-order chi connectivity index (χ1) is 12.0. The van der Waals surface area contributed by atoms with Crippen molar-refractivity contribution in [1.29, 1.82) is 0 Å². The third-order valence-electron chi connectivity index (χ3n) is 5.71. The number of carbonyl (C=O) groups is 1. The highest BCUT2D eigenvalue weighted by Gasteiger charge is 2.34. The minimum atomic E-state index is 0.140. The molecule has 0 bridgehead atoms. The van der Waals surface area contributed by atoms with Gasteiger partial charge in [0.15, 0.2) is 0 Å². The van der Waals surface area contributed by atoms with E-state index in [0.29, 0.717) is 25.2 Å². The summed E-state index contributed by atoms with van der Waals surface area (Å²) < 4.78 is 0. The SMILES string of the molecule is C[C@@H]1CN2CCC[C@H]2CN1CC(=O)NC[C@@H](c1ccccc1)N(C)C. The second-order valence-corrected chi connectivity index (χ2v) is 7.76. The molecule has 2 fully saturated rings. The number of benzene rings is 1. The number of likely N-dealkylation sites (N-methyl/N-ethyl adjacent to an activating group) is 1. The van der Waals surface area contributed by atoms with E-state index in [9.17, 15) is 4.79 Å². The van der Waals surface area contributed by atoms with Crippen molar-refractivity contribution in [2.75, 3.05) is 46.8 Å². The molecule has 138 valence electrons. The zero-order valence-electron chi connectivity index (χ0n) is 15.8. The lowest BCUT2D eigenvalue weighted by molar-refractivity contribution is -0.123. The number of fused-ring (bicyclic) bond motifs is 1. The summed E-state index contributed by atoms with van der Waals surface area (Å²) in [5.74, 6) is 0.140. The first-order valence-corrected chi connectivity index (χ1v) is 9.50. The highest BCUT2D eigenvalue weighted by molar-refractivity contribution is 5.78. The molecule has 0 spiro atoms. The van der Waals surface area contributed by atoms with Gasteiger partial charge in [-0.3, -0.25) is 14.6 Å². The van der Waals surface area contributed by atoms with Crippen molar-refractivity contribution >= 4 is 5.91 Å². The van der Waals surface area contributed by atoms with Crippen molar-refractivity contribution in [3.05, 3.63) is 35.9 Å². The molecule has 2 aliphatic heterocycles. The quantitative estimate of drug-likeness (QED) is 0.850. The van der Waals surface area contributed by atoms with Crippen LogP contribution in [0.3, 0.4) is 0 Å². The van der Waals surface area contributed by atoms with Gasteiger partial charge in [0, 0.05) is 31.7 Å². The highest BCUT2D eigenvalue weighted by atomic mass is 16.2. The van der Waals surface area contributed by atoms with Crippen LogP contribution >= 0.6 is 0 Å². The minimum Gasteiger partial charge on any atom is -0.353 e. The van der Waals surface area contributed by atoms with Crippen LogP contribution in [-0.4, -0.2) is 79.5 Å². The zero-order valence-corrected chi connectivity index (χ0v) is 15.8. The van der Waals surface area contributed by atoms with Gasteiger partial charge in [-0.05, 0) is 46.0 Å². The van der Waals surface area contributed by atoms with Gasteiger partial charge in [0.05, 0.1) is 12.6 Å². The summed E-state index contributed by atoms with van der Waals surface area (Å²) in [6, 6.07) is 11.7. The number of hydrogen-bond acceptors (Lipinski definition) is 4.